The van der Waals surface area contributed by atoms with Crippen molar-refractivity contribution in [2.45, 2.75) is 45.4 Å². The van der Waals surface area contributed by atoms with Crippen molar-refractivity contribution in [3.05, 3.63) is 94.4 Å². The number of carbonyl (C=O) groups is 2. The van der Waals surface area contributed by atoms with Gasteiger partial charge in [0, 0.05) is 12.0 Å². The van der Waals surface area contributed by atoms with Crippen LogP contribution in [0, 0.1) is 0 Å². The third-order valence-electron chi connectivity index (χ3n) is 6.32. The Bertz CT molecular complexity index is 1240. The van der Waals surface area contributed by atoms with E-state index >= 15 is 0 Å². The van der Waals surface area contributed by atoms with Gasteiger partial charge in [0.05, 0.1) is 24.4 Å². The van der Waals surface area contributed by atoms with Crippen LogP contribution < -0.4 is 4.74 Å². The maximum Gasteiger partial charge on any atom is 0.296 e. The first kappa shape index (κ1) is 21.1. The minimum absolute atomic E-state index is 0.0633. The van der Waals surface area contributed by atoms with E-state index in [1.165, 1.54) is 11.2 Å². The molecule has 2 atom stereocenters. The van der Waals surface area contributed by atoms with Gasteiger partial charge in [0.1, 0.15) is 23.4 Å². The number of Topliss-reactive ketones (excluding diaryl/α,β-unsaturated/α-hetero) is 1. The fourth-order valence-corrected chi connectivity index (χ4v) is 4.62. The van der Waals surface area contributed by atoms with Gasteiger partial charge in [-0.1, -0.05) is 31.2 Å². The molecule has 0 spiro atoms. The Hall–Kier alpha value is -3.80. The molecule has 1 amide bonds. The van der Waals surface area contributed by atoms with Crippen LogP contribution >= 0.6 is 0 Å². The molecule has 168 valence electrons. The number of hydrogen-bond acceptors (Lipinski definition) is 5. The Kier molecular flexibility index (Phi) is 5.29. The highest BCUT2D eigenvalue weighted by Crippen LogP contribution is 2.41. The number of nitrogens with zero attached hydrogens (tertiary/aromatic N) is 1. The zero-order valence-corrected chi connectivity index (χ0v) is 18.6. The van der Waals surface area contributed by atoms with Gasteiger partial charge in [0.25, 0.3) is 11.7 Å². The minimum Gasteiger partial charge on any atom is -0.507 e. The first-order valence-electron chi connectivity index (χ1n) is 11.2. The maximum atomic E-state index is 13.2. The van der Waals surface area contributed by atoms with E-state index in [-0.39, 0.29) is 24.0 Å². The monoisotopic (exact) mass is 443 g/mol. The van der Waals surface area contributed by atoms with Crippen molar-refractivity contribution in [1.29, 1.82) is 0 Å². The fourth-order valence-electron chi connectivity index (χ4n) is 4.62. The second-order valence-electron chi connectivity index (χ2n) is 8.56. The summed E-state index contributed by atoms with van der Waals surface area (Å²) in [6, 6.07) is 15.9. The predicted octanol–water partition coefficient (Wildman–Crippen LogP) is 4.79. The van der Waals surface area contributed by atoms with E-state index in [2.05, 4.69) is 6.92 Å². The zero-order valence-electron chi connectivity index (χ0n) is 18.6. The smallest absolute Gasteiger partial charge is 0.296 e. The summed E-state index contributed by atoms with van der Waals surface area (Å²) in [6.07, 6.45) is 3.20. The molecule has 6 nitrogen and oxygen atoms in total. The molecule has 1 N–H and O–H groups in total. The molecule has 2 aliphatic rings. The zero-order chi connectivity index (χ0) is 23.1. The van der Waals surface area contributed by atoms with Gasteiger partial charge in [0.2, 0.25) is 0 Å². The van der Waals surface area contributed by atoms with E-state index in [1.54, 1.807) is 24.3 Å². The Morgan fingerprint density at radius 3 is 2.61 bits per heavy atom. The van der Waals surface area contributed by atoms with Crippen LogP contribution in [-0.4, -0.2) is 27.8 Å². The Labute approximate surface area is 192 Å². The van der Waals surface area contributed by atoms with Crippen LogP contribution in [0.2, 0.25) is 0 Å². The molecule has 5 rings (SSSR count). The van der Waals surface area contributed by atoms with Gasteiger partial charge in [-0.2, -0.15) is 0 Å². The number of ketones is 1. The SMILES string of the molecule is CCc1ccc(C2/C(=C(/O)c3ccc4c(c3)CC(C)O4)C(=O)C(=O)N2Cc2ccco2)cc1. The van der Waals surface area contributed by atoms with Gasteiger partial charge < -0.3 is 19.2 Å². The van der Waals surface area contributed by atoms with Crippen molar-refractivity contribution in [2.24, 2.45) is 0 Å². The highest BCUT2D eigenvalue weighted by molar-refractivity contribution is 6.46. The van der Waals surface area contributed by atoms with E-state index in [4.69, 9.17) is 9.15 Å². The van der Waals surface area contributed by atoms with E-state index in [1.807, 2.05) is 37.3 Å². The summed E-state index contributed by atoms with van der Waals surface area (Å²) < 4.78 is 11.2. The van der Waals surface area contributed by atoms with E-state index < -0.39 is 17.7 Å². The summed E-state index contributed by atoms with van der Waals surface area (Å²) in [6.45, 7) is 4.18. The van der Waals surface area contributed by atoms with Crippen LogP contribution in [0.25, 0.3) is 5.76 Å². The van der Waals surface area contributed by atoms with Crippen LogP contribution in [0.1, 0.15) is 47.9 Å². The number of amides is 1. The summed E-state index contributed by atoms with van der Waals surface area (Å²) in [5, 5.41) is 11.3. The fraction of sp³-hybridized carbons (Fsp3) is 0.259. The van der Waals surface area contributed by atoms with Crippen LogP contribution in [0.4, 0.5) is 0 Å². The first-order chi connectivity index (χ1) is 16.0. The average Bonchev–Trinajstić information content (AvgIpc) is 3.53. The van der Waals surface area contributed by atoms with Gasteiger partial charge >= 0.3 is 0 Å². The number of aliphatic hydroxyl groups is 1. The number of furan rings is 1. The quantitative estimate of drug-likeness (QED) is 0.349. The summed E-state index contributed by atoms with van der Waals surface area (Å²) >= 11 is 0. The second kappa shape index (κ2) is 8.28. The molecule has 1 fully saturated rings. The van der Waals surface area contributed by atoms with Gasteiger partial charge in [0.15, 0.2) is 0 Å². The molecule has 1 aromatic heterocycles. The molecule has 2 aromatic carbocycles. The summed E-state index contributed by atoms with van der Waals surface area (Å²) in [4.78, 5) is 27.7. The average molecular weight is 443 g/mol. The summed E-state index contributed by atoms with van der Waals surface area (Å²) in [5.74, 6) is -0.189. The number of rotatable bonds is 5. The van der Waals surface area contributed by atoms with Crippen LogP contribution in [0.15, 0.2) is 70.9 Å². The van der Waals surface area contributed by atoms with E-state index in [9.17, 15) is 14.7 Å². The van der Waals surface area contributed by atoms with Gasteiger partial charge in [-0.3, -0.25) is 9.59 Å². The molecule has 2 unspecified atom stereocenters. The normalized spacial score (nSPS) is 21.3. The van der Waals surface area contributed by atoms with Crippen molar-refractivity contribution in [1.82, 2.24) is 4.90 Å². The third-order valence-corrected chi connectivity index (χ3v) is 6.32. The molecule has 0 radical (unpaired) electrons. The lowest BCUT2D eigenvalue weighted by Gasteiger charge is -2.24. The molecule has 33 heavy (non-hydrogen) atoms. The van der Waals surface area contributed by atoms with Crippen molar-refractivity contribution >= 4 is 17.4 Å². The number of ether oxygens (including phenoxy) is 1. The number of aliphatic hydroxyl groups excluding tert-OH is 1. The topological polar surface area (TPSA) is 80.0 Å². The molecule has 1 saturated heterocycles. The molecule has 0 bridgehead atoms. The highest BCUT2D eigenvalue weighted by Gasteiger charge is 2.46. The largest absolute Gasteiger partial charge is 0.507 e. The van der Waals surface area contributed by atoms with E-state index in [0.29, 0.717) is 11.3 Å². The molecule has 6 heteroatoms. The maximum absolute atomic E-state index is 13.2. The third kappa shape index (κ3) is 3.71. The summed E-state index contributed by atoms with van der Waals surface area (Å²) in [7, 11) is 0. The van der Waals surface area contributed by atoms with Crippen molar-refractivity contribution in [3.8, 4) is 5.75 Å². The Morgan fingerprint density at radius 2 is 1.91 bits per heavy atom. The lowest BCUT2D eigenvalue weighted by Crippen LogP contribution is -2.29. The molecule has 3 heterocycles. The Balaban J connectivity index is 1.62. The van der Waals surface area contributed by atoms with Gasteiger partial charge in [-0.25, -0.2) is 0 Å². The van der Waals surface area contributed by atoms with Crippen LogP contribution in [-0.2, 0) is 29.0 Å². The number of likely N-dealkylation sites (tertiary alicyclic amines) is 1. The molecule has 3 aromatic rings. The number of hydrogen-bond donors (Lipinski definition) is 1. The number of fused-ring (bicyclic) bond motifs is 1. The first-order valence-corrected chi connectivity index (χ1v) is 11.2. The predicted molar refractivity (Wildman–Crippen MR) is 123 cm³/mol. The minimum atomic E-state index is -0.718. The van der Waals surface area contributed by atoms with Crippen molar-refractivity contribution in [2.75, 3.05) is 0 Å². The van der Waals surface area contributed by atoms with Gasteiger partial charge in [-0.15, -0.1) is 0 Å². The number of benzene rings is 2. The van der Waals surface area contributed by atoms with Crippen LogP contribution in [0.3, 0.4) is 0 Å². The van der Waals surface area contributed by atoms with Crippen molar-refractivity contribution in [3.63, 3.8) is 0 Å². The molecule has 0 aliphatic carbocycles. The molecular weight excluding hydrogens is 418 g/mol. The standard InChI is InChI=1S/C27H25NO5/c1-3-17-6-8-18(9-7-17)24-23(26(30)27(31)28(24)15-21-5-4-12-32-21)25(29)19-10-11-22-20(14-19)13-16(2)33-22/h4-12,14,16,24,29H,3,13,15H2,1-2H3/b25-23-. The second-order valence-corrected chi connectivity index (χ2v) is 8.56. The lowest BCUT2D eigenvalue weighted by atomic mass is 9.93. The molecule has 2 aliphatic heterocycles. The van der Waals surface area contributed by atoms with E-state index in [0.717, 1.165) is 35.3 Å². The summed E-state index contributed by atoms with van der Waals surface area (Å²) in [5.41, 5.74) is 3.47. The highest BCUT2D eigenvalue weighted by atomic mass is 16.5. The number of aryl methyl sites for hydroxylation is 1. The van der Waals surface area contributed by atoms with Crippen molar-refractivity contribution < 1.29 is 23.8 Å². The lowest BCUT2D eigenvalue weighted by molar-refractivity contribution is -0.140. The number of carbonyl (C=O) groups excluding carboxylic acids is 2. The van der Waals surface area contributed by atoms with Crippen LogP contribution in [0.5, 0.6) is 5.75 Å². The Morgan fingerprint density at radius 1 is 1.12 bits per heavy atom. The molecule has 0 saturated carbocycles. The molecular formula is C27H25NO5. The van der Waals surface area contributed by atoms with Gasteiger partial charge in [-0.05, 0) is 60.4 Å².